The fraction of sp³-hybridized carbons (Fsp3) is 0.435. The number of carbonyl (C=O) groups is 1. The Hall–Kier alpha value is -2.53. The Morgan fingerprint density at radius 1 is 1.00 bits per heavy atom. The van der Waals surface area contributed by atoms with Crippen molar-refractivity contribution in [2.24, 2.45) is 0 Å². The van der Waals surface area contributed by atoms with Gasteiger partial charge in [-0.05, 0) is 43.2 Å². The molecule has 0 radical (unpaired) electrons. The molecule has 0 spiro atoms. The molecule has 28 heavy (non-hydrogen) atoms. The van der Waals surface area contributed by atoms with Crippen LogP contribution in [-0.4, -0.2) is 61.6 Å². The molecule has 5 nitrogen and oxygen atoms in total. The van der Waals surface area contributed by atoms with Crippen molar-refractivity contribution in [2.45, 2.75) is 25.8 Å². The fourth-order valence-electron chi connectivity index (χ4n) is 3.62. The Morgan fingerprint density at radius 3 is 2.57 bits per heavy atom. The zero-order chi connectivity index (χ0) is 19.8. The maximum atomic E-state index is 12.5. The summed E-state index contributed by atoms with van der Waals surface area (Å²) in [4.78, 5) is 16.8. The molecule has 1 saturated heterocycles. The highest BCUT2D eigenvalue weighted by Crippen LogP contribution is 2.17. The van der Waals surface area contributed by atoms with E-state index in [1.165, 1.54) is 5.56 Å². The second-order valence-electron chi connectivity index (χ2n) is 7.23. The van der Waals surface area contributed by atoms with E-state index in [4.69, 9.17) is 9.47 Å². The van der Waals surface area contributed by atoms with Gasteiger partial charge in [0.25, 0.3) is 0 Å². The monoisotopic (exact) mass is 382 g/mol. The fourth-order valence-corrected chi connectivity index (χ4v) is 3.62. The number of nitrogens with zero attached hydrogens (tertiary/aromatic N) is 2. The number of hydrogen-bond acceptors (Lipinski definition) is 4. The summed E-state index contributed by atoms with van der Waals surface area (Å²) in [5.74, 6) is 1.95. The van der Waals surface area contributed by atoms with E-state index in [1.807, 2.05) is 47.4 Å². The van der Waals surface area contributed by atoms with Gasteiger partial charge in [-0.25, -0.2) is 0 Å². The molecule has 0 aliphatic carbocycles. The van der Waals surface area contributed by atoms with Crippen LogP contribution >= 0.6 is 0 Å². The first-order valence-corrected chi connectivity index (χ1v) is 9.98. The van der Waals surface area contributed by atoms with Crippen LogP contribution in [0.1, 0.15) is 18.9 Å². The van der Waals surface area contributed by atoms with E-state index >= 15 is 0 Å². The van der Waals surface area contributed by atoms with Crippen molar-refractivity contribution < 1.29 is 14.3 Å². The molecule has 1 aliphatic heterocycles. The predicted octanol–water partition coefficient (Wildman–Crippen LogP) is 3.24. The average Bonchev–Trinajstić information content (AvgIpc) is 2.91. The predicted molar refractivity (Wildman–Crippen MR) is 111 cm³/mol. The molecule has 1 heterocycles. The van der Waals surface area contributed by atoms with E-state index in [1.54, 1.807) is 7.11 Å². The first kappa shape index (κ1) is 20.2. The number of rotatable bonds is 8. The third-order valence-corrected chi connectivity index (χ3v) is 5.28. The van der Waals surface area contributed by atoms with Gasteiger partial charge in [0.1, 0.15) is 18.1 Å². The molecule has 1 atom stereocenters. The number of methoxy groups -OCH3 is 1. The molecule has 1 fully saturated rings. The van der Waals surface area contributed by atoms with Crippen LogP contribution in [0, 0.1) is 0 Å². The zero-order valence-electron chi connectivity index (χ0n) is 16.8. The smallest absolute Gasteiger partial charge is 0.224 e. The van der Waals surface area contributed by atoms with E-state index < -0.39 is 0 Å². The topological polar surface area (TPSA) is 42.0 Å². The largest absolute Gasteiger partial charge is 0.497 e. The number of carbonyl (C=O) groups excluding carboxylic acids is 1. The van der Waals surface area contributed by atoms with Gasteiger partial charge in [-0.2, -0.15) is 0 Å². The minimum absolute atomic E-state index is 0.216. The van der Waals surface area contributed by atoms with Crippen LogP contribution in [0.4, 0.5) is 0 Å². The van der Waals surface area contributed by atoms with Gasteiger partial charge in [0.05, 0.1) is 13.7 Å². The van der Waals surface area contributed by atoms with Crippen LogP contribution in [0.2, 0.25) is 0 Å². The van der Waals surface area contributed by atoms with Crippen molar-refractivity contribution in [3.8, 4) is 11.5 Å². The summed E-state index contributed by atoms with van der Waals surface area (Å²) in [5, 5.41) is 0. The Bertz CT molecular complexity index is 751. The average molecular weight is 383 g/mol. The molecule has 0 aromatic heterocycles. The molecule has 0 N–H and O–H groups in total. The van der Waals surface area contributed by atoms with Gasteiger partial charge >= 0.3 is 0 Å². The second kappa shape index (κ2) is 10.1. The first-order chi connectivity index (χ1) is 13.7. The highest BCUT2D eigenvalue weighted by atomic mass is 16.5. The standard InChI is InChI=1S/C23H30N2O3/c1-19(17-20-7-6-10-22(18-20)27-2)24-12-11-23(26)25(14-13-24)15-16-28-21-8-4-3-5-9-21/h3-10,18-19H,11-17H2,1-2H3. The highest BCUT2D eigenvalue weighted by molar-refractivity contribution is 5.76. The van der Waals surface area contributed by atoms with Crippen LogP contribution in [0.15, 0.2) is 54.6 Å². The molecule has 0 bridgehead atoms. The second-order valence-corrected chi connectivity index (χ2v) is 7.23. The van der Waals surface area contributed by atoms with Gasteiger partial charge in [0.2, 0.25) is 5.91 Å². The van der Waals surface area contributed by atoms with Gasteiger partial charge in [0, 0.05) is 32.1 Å². The van der Waals surface area contributed by atoms with Crippen molar-refractivity contribution >= 4 is 5.91 Å². The Kier molecular flexibility index (Phi) is 7.31. The third kappa shape index (κ3) is 5.73. The maximum Gasteiger partial charge on any atom is 0.224 e. The molecule has 2 aromatic rings. The molecule has 2 aromatic carbocycles. The highest BCUT2D eigenvalue weighted by Gasteiger charge is 2.23. The van der Waals surface area contributed by atoms with Crippen molar-refractivity contribution in [1.29, 1.82) is 0 Å². The molecular weight excluding hydrogens is 352 g/mol. The molecular formula is C23H30N2O3. The lowest BCUT2D eigenvalue weighted by molar-refractivity contribution is -0.130. The summed E-state index contributed by atoms with van der Waals surface area (Å²) in [6.07, 6.45) is 1.51. The van der Waals surface area contributed by atoms with E-state index in [2.05, 4.69) is 24.0 Å². The Balaban J connectivity index is 1.49. The van der Waals surface area contributed by atoms with Crippen LogP contribution in [0.5, 0.6) is 11.5 Å². The number of amides is 1. The molecule has 150 valence electrons. The molecule has 0 saturated carbocycles. The number of para-hydroxylation sites is 1. The molecule has 1 amide bonds. The molecule has 5 heteroatoms. The summed E-state index contributed by atoms with van der Waals surface area (Å²) in [6.45, 7) is 5.83. The lowest BCUT2D eigenvalue weighted by Gasteiger charge is -2.28. The Labute approximate surface area is 167 Å². The van der Waals surface area contributed by atoms with E-state index in [0.29, 0.717) is 25.6 Å². The Morgan fingerprint density at radius 2 is 1.79 bits per heavy atom. The minimum atomic E-state index is 0.216. The number of ether oxygens (including phenoxy) is 2. The van der Waals surface area contributed by atoms with Crippen LogP contribution < -0.4 is 9.47 Å². The summed E-state index contributed by atoms with van der Waals surface area (Å²) in [5.41, 5.74) is 1.26. The van der Waals surface area contributed by atoms with Crippen LogP contribution in [-0.2, 0) is 11.2 Å². The summed E-state index contributed by atoms with van der Waals surface area (Å²) in [7, 11) is 1.69. The number of benzene rings is 2. The molecule has 1 unspecified atom stereocenters. The van der Waals surface area contributed by atoms with Gasteiger partial charge in [0.15, 0.2) is 0 Å². The summed E-state index contributed by atoms with van der Waals surface area (Å²) < 4.78 is 11.1. The quantitative estimate of drug-likeness (QED) is 0.703. The van der Waals surface area contributed by atoms with Gasteiger partial charge < -0.3 is 14.4 Å². The van der Waals surface area contributed by atoms with E-state index in [0.717, 1.165) is 37.6 Å². The first-order valence-electron chi connectivity index (χ1n) is 9.98. The lowest BCUT2D eigenvalue weighted by atomic mass is 10.1. The van der Waals surface area contributed by atoms with Crippen molar-refractivity contribution in [1.82, 2.24) is 9.80 Å². The molecule has 3 rings (SSSR count). The van der Waals surface area contributed by atoms with E-state index in [9.17, 15) is 4.79 Å². The SMILES string of the molecule is COc1cccc(CC(C)N2CCC(=O)N(CCOc3ccccc3)CC2)c1. The van der Waals surface area contributed by atoms with Gasteiger partial charge in [-0.3, -0.25) is 9.69 Å². The van der Waals surface area contributed by atoms with Crippen molar-refractivity contribution in [3.63, 3.8) is 0 Å². The minimum Gasteiger partial charge on any atom is -0.497 e. The number of hydrogen-bond donors (Lipinski definition) is 0. The third-order valence-electron chi connectivity index (χ3n) is 5.28. The zero-order valence-corrected chi connectivity index (χ0v) is 16.8. The van der Waals surface area contributed by atoms with Crippen molar-refractivity contribution in [2.75, 3.05) is 39.9 Å². The maximum absolute atomic E-state index is 12.5. The summed E-state index contributed by atoms with van der Waals surface area (Å²) in [6, 6.07) is 18.3. The molecule has 1 aliphatic rings. The normalized spacial score (nSPS) is 16.5. The van der Waals surface area contributed by atoms with Crippen molar-refractivity contribution in [3.05, 3.63) is 60.2 Å². The summed E-state index contributed by atoms with van der Waals surface area (Å²) >= 11 is 0. The van der Waals surface area contributed by atoms with Crippen LogP contribution in [0.25, 0.3) is 0 Å². The van der Waals surface area contributed by atoms with Crippen LogP contribution in [0.3, 0.4) is 0 Å². The van der Waals surface area contributed by atoms with Gasteiger partial charge in [-0.1, -0.05) is 30.3 Å². The van der Waals surface area contributed by atoms with Gasteiger partial charge in [-0.15, -0.1) is 0 Å². The van der Waals surface area contributed by atoms with E-state index in [-0.39, 0.29) is 5.91 Å². The lowest BCUT2D eigenvalue weighted by Crippen LogP contribution is -2.39.